The highest BCUT2D eigenvalue weighted by atomic mass is 16.6. The molecule has 0 radical (unpaired) electrons. The summed E-state index contributed by atoms with van der Waals surface area (Å²) >= 11 is 0. The molecule has 20 heavy (non-hydrogen) atoms. The molecule has 0 bridgehead atoms. The Bertz CT molecular complexity index is 550. The fourth-order valence-electron chi connectivity index (χ4n) is 2.29. The Labute approximate surface area is 117 Å². The molecular formula is C14H18N2O4. The minimum Gasteiger partial charge on any atom is -0.465 e. The lowest BCUT2D eigenvalue weighted by Gasteiger charge is -2.27. The molecule has 108 valence electrons. The van der Waals surface area contributed by atoms with Crippen molar-refractivity contribution in [3.8, 4) is 0 Å². The van der Waals surface area contributed by atoms with Gasteiger partial charge in [-0.2, -0.15) is 0 Å². The lowest BCUT2D eigenvalue weighted by molar-refractivity contribution is -0.384. The highest BCUT2D eigenvalue weighted by Crippen LogP contribution is 2.42. The molecule has 0 saturated heterocycles. The summed E-state index contributed by atoms with van der Waals surface area (Å²) in [5.41, 5.74) is 0.382. The van der Waals surface area contributed by atoms with Gasteiger partial charge in [0.1, 0.15) is 5.69 Å². The van der Waals surface area contributed by atoms with Crippen molar-refractivity contribution in [1.29, 1.82) is 0 Å². The van der Waals surface area contributed by atoms with Crippen LogP contribution in [0.3, 0.4) is 0 Å². The van der Waals surface area contributed by atoms with Crippen LogP contribution < -0.4 is 5.32 Å². The SMILES string of the molecule is COC(=O)c1ccc([N+](=O)[O-])c(NC(C)(C)C2CC2)c1. The summed E-state index contributed by atoms with van der Waals surface area (Å²) in [5.74, 6) is -0.00365. The van der Waals surface area contributed by atoms with Crippen LogP contribution in [0.2, 0.25) is 0 Å². The number of nitro benzene ring substituents is 1. The predicted molar refractivity (Wildman–Crippen MR) is 74.9 cm³/mol. The number of carbonyl (C=O) groups is 1. The molecule has 1 saturated carbocycles. The molecule has 0 atom stereocenters. The monoisotopic (exact) mass is 278 g/mol. The average Bonchev–Trinajstić information content (AvgIpc) is 3.21. The molecule has 2 rings (SSSR count). The highest BCUT2D eigenvalue weighted by molar-refractivity contribution is 5.91. The van der Waals surface area contributed by atoms with E-state index in [1.54, 1.807) is 0 Å². The third kappa shape index (κ3) is 2.89. The van der Waals surface area contributed by atoms with Gasteiger partial charge >= 0.3 is 5.97 Å². The molecule has 0 unspecified atom stereocenters. The second kappa shape index (κ2) is 5.11. The minimum atomic E-state index is -0.507. The van der Waals surface area contributed by atoms with Gasteiger partial charge in [-0.05, 0) is 44.7 Å². The molecule has 1 aromatic carbocycles. The number of benzene rings is 1. The van der Waals surface area contributed by atoms with E-state index in [1.165, 1.54) is 25.3 Å². The maximum absolute atomic E-state index is 11.5. The van der Waals surface area contributed by atoms with Gasteiger partial charge in [0.05, 0.1) is 17.6 Å². The third-order valence-electron chi connectivity index (χ3n) is 3.67. The summed E-state index contributed by atoms with van der Waals surface area (Å²) in [6.07, 6.45) is 2.23. The number of esters is 1. The second-order valence-electron chi connectivity index (χ2n) is 5.60. The van der Waals surface area contributed by atoms with E-state index >= 15 is 0 Å². The van der Waals surface area contributed by atoms with E-state index in [9.17, 15) is 14.9 Å². The fourth-order valence-corrected chi connectivity index (χ4v) is 2.29. The minimum absolute atomic E-state index is 0.0358. The Hall–Kier alpha value is -2.11. The number of ether oxygens (including phenoxy) is 1. The molecule has 0 aliphatic heterocycles. The van der Waals surface area contributed by atoms with Crippen molar-refractivity contribution in [3.05, 3.63) is 33.9 Å². The zero-order valence-corrected chi connectivity index (χ0v) is 11.8. The van der Waals surface area contributed by atoms with Crippen molar-refractivity contribution in [2.24, 2.45) is 5.92 Å². The van der Waals surface area contributed by atoms with Gasteiger partial charge in [-0.15, -0.1) is 0 Å². The number of nitro groups is 1. The molecule has 1 aliphatic rings. The van der Waals surface area contributed by atoms with E-state index < -0.39 is 10.9 Å². The first-order valence-electron chi connectivity index (χ1n) is 6.50. The maximum Gasteiger partial charge on any atom is 0.337 e. The number of hydrogen-bond acceptors (Lipinski definition) is 5. The predicted octanol–water partition coefficient (Wildman–Crippen LogP) is 2.98. The lowest BCUT2D eigenvalue weighted by atomic mass is 9.97. The molecule has 0 amide bonds. The molecule has 6 heteroatoms. The van der Waals surface area contributed by atoms with Gasteiger partial charge < -0.3 is 10.1 Å². The lowest BCUT2D eigenvalue weighted by Crippen LogP contribution is -2.33. The van der Waals surface area contributed by atoms with E-state index in [0.717, 1.165) is 12.8 Å². The first-order chi connectivity index (χ1) is 9.35. The van der Waals surface area contributed by atoms with Crippen LogP contribution in [0.25, 0.3) is 0 Å². The van der Waals surface area contributed by atoms with Gasteiger partial charge in [0.25, 0.3) is 5.69 Å². The molecular weight excluding hydrogens is 260 g/mol. The van der Waals surface area contributed by atoms with Gasteiger partial charge in [-0.25, -0.2) is 4.79 Å². The van der Waals surface area contributed by atoms with Crippen molar-refractivity contribution >= 4 is 17.3 Å². The number of nitrogens with zero attached hydrogens (tertiary/aromatic N) is 1. The Morgan fingerprint density at radius 2 is 2.10 bits per heavy atom. The summed E-state index contributed by atoms with van der Waals surface area (Å²) in [6.45, 7) is 4.03. The van der Waals surface area contributed by atoms with Gasteiger partial charge in [0.2, 0.25) is 0 Å². The van der Waals surface area contributed by atoms with E-state index in [2.05, 4.69) is 10.1 Å². The molecule has 1 fully saturated rings. The van der Waals surface area contributed by atoms with E-state index in [1.807, 2.05) is 13.8 Å². The molecule has 0 spiro atoms. The highest BCUT2D eigenvalue weighted by Gasteiger charge is 2.38. The Balaban J connectivity index is 2.36. The quantitative estimate of drug-likeness (QED) is 0.508. The molecule has 0 heterocycles. The first-order valence-corrected chi connectivity index (χ1v) is 6.50. The van der Waals surface area contributed by atoms with Crippen LogP contribution in [0.1, 0.15) is 37.0 Å². The average molecular weight is 278 g/mol. The van der Waals surface area contributed by atoms with Crippen LogP contribution in [0.4, 0.5) is 11.4 Å². The fraction of sp³-hybridized carbons (Fsp3) is 0.500. The summed E-state index contributed by atoms with van der Waals surface area (Å²) in [5, 5.41) is 14.3. The largest absolute Gasteiger partial charge is 0.465 e. The Kier molecular flexibility index (Phi) is 3.65. The number of rotatable bonds is 5. The van der Waals surface area contributed by atoms with Crippen LogP contribution in [-0.4, -0.2) is 23.5 Å². The van der Waals surface area contributed by atoms with Crippen molar-refractivity contribution in [2.75, 3.05) is 12.4 Å². The summed E-state index contributed by atoms with van der Waals surface area (Å²) in [6, 6.07) is 4.21. The molecule has 1 aliphatic carbocycles. The van der Waals surface area contributed by atoms with Crippen molar-refractivity contribution in [2.45, 2.75) is 32.2 Å². The smallest absolute Gasteiger partial charge is 0.337 e. The first kappa shape index (κ1) is 14.3. The number of anilines is 1. The normalized spacial score (nSPS) is 14.8. The van der Waals surface area contributed by atoms with E-state index in [-0.39, 0.29) is 11.2 Å². The van der Waals surface area contributed by atoms with Crippen LogP contribution >= 0.6 is 0 Å². The van der Waals surface area contributed by atoms with Crippen LogP contribution in [-0.2, 0) is 4.74 Å². The number of hydrogen-bond donors (Lipinski definition) is 1. The Morgan fingerprint density at radius 3 is 2.60 bits per heavy atom. The third-order valence-corrected chi connectivity index (χ3v) is 3.67. The van der Waals surface area contributed by atoms with Crippen molar-refractivity contribution < 1.29 is 14.5 Å². The number of nitrogens with one attached hydrogen (secondary N) is 1. The van der Waals surface area contributed by atoms with E-state index in [0.29, 0.717) is 17.2 Å². The summed E-state index contributed by atoms with van der Waals surface area (Å²) in [7, 11) is 1.28. The Morgan fingerprint density at radius 1 is 1.45 bits per heavy atom. The van der Waals surface area contributed by atoms with Gasteiger partial charge in [0.15, 0.2) is 0 Å². The topological polar surface area (TPSA) is 81.5 Å². The molecule has 1 aromatic rings. The van der Waals surface area contributed by atoms with Gasteiger partial charge in [0, 0.05) is 11.6 Å². The molecule has 6 nitrogen and oxygen atoms in total. The van der Waals surface area contributed by atoms with Crippen LogP contribution in [0.5, 0.6) is 0 Å². The number of carbonyl (C=O) groups excluding carboxylic acids is 1. The van der Waals surface area contributed by atoms with Crippen LogP contribution in [0, 0.1) is 16.0 Å². The van der Waals surface area contributed by atoms with Gasteiger partial charge in [-0.1, -0.05) is 0 Å². The van der Waals surface area contributed by atoms with Crippen LogP contribution in [0.15, 0.2) is 18.2 Å². The summed E-state index contributed by atoms with van der Waals surface area (Å²) < 4.78 is 4.64. The standard InChI is InChI=1S/C14H18N2O4/c1-14(2,10-5-6-10)15-11-8-9(13(17)20-3)4-7-12(11)16(18)19/h4,7-8,10,15H,5-6H2,1-3H3. The summed E-state index contributed by atoms with van der Waals surface area (Å²) in [4.78, 5) is 22.2. The van der Waals surface area contributed by atoms with Crippen molar-refractivity contribution in [1.82, 2.24) is 0 Å². The molecule has 1 N–H and O–H groups in total. The zero-order valence-electron chi connectivity index (χ0n) is 11.8. The van der Waals surface area contributed by atoms with Gasteiger partial charge in [-0.3, -0.25) is 10.1 Å². The number of methoxy groups -OCH3 is 1. The zero-order chi connectivity index (χ0) is 14.9. The maximum atomic E-state index is 11.5. The second-order valence-corrected chi connectivity index (χ2v) is 5.60. The van der Waals surface area contributed by atoms with Crippen molar-refractivity contribution in [3.63, 3.8) is 0 Å². The van der Waals surface area contributed by atoms with E-state index in [4.69, 9.17) is 0 Å². The molecule has 0 aromatic heterocycles.